The summed E-state index contributed by atoms with van der Waals surface area (Å²) in [5.74, 6) is 1.11. The lowest BCUT2D eigenvalue weighted by molar-refractivity contribution is 0.182. The number of nitrogens with zero attached hydrogens (tertiary/aromatic N) is 2. The number of benzene rings is 1. The lowest BCUT2D eigenvalue weighted by atomic mass is 10.0. The van der Waals surface area contributed by atoms with E-state index in [1.807, 2.05) is 24.3 Å². The highest BCUT2D eigenvalue weighted by Crippen LogP contribution is 2.21. The number of amides is 2. The second-order valence-corrected chi connectivity index (χ2v) is 8.72. The number of nitrogens with one attached hydrogen (secondary N) is 2. The number of hydrogen-bond acceptors (Lipinski definition) is 3. The van der Waals surface area contributed by atoms with Crippen LogP contribution in [0.25, 0.3) is 10.8 Å². The number of carbonyl (C=O) groups is 1. The van der Waals surface area contributed by atoms with Crippen molar-refractivity contribution < 1.29 is 4.79 Å². The van der Waals surface area contributed by atoms with Gasteiger partial charge in [-0.15, -0.1) is 0 Å². The Kier molecular flexibility index (Phi) is 7.31. The summed E-state index contributed by atoms with van der Waals surface area (Å²) in [5, 5.41) is 7.31. The molecule has 0 spiro atoms. The van der Waals surface area contributed by atoms with Crippen molar-refractivity contribution in [3.05, 3.63) is 40.8 Å². The summed E-state index contributed by atoms with van der Waals surface area (Å²) < 4.78 is 1.69. The van der Waals surface area contributed by atoms with Crippen LogP contribution >= 0.6 is 0 Å². The van der Waals surface area contributed by atoms with E-state index in [0.29, 0.717) is 30.1 Å². The van der Waals surface area contributed by atoms with Crippen LogP contribution in [0.1, 0.15) is 40.0 Å². The molecule has 6 heteroatoms. The van der Waals surface area contributed by atoms with Gasteiger partial charge in [0.25, 0.3) is 5.56 Å². The summed E-state index contributed by atoms with van der Waals surface area (Å²) in [4.78, 5) is 27.7. The molecule has 0 unspecified atom stereocenters. The normalized spacial score (nSPS) is 17.6. The van der Waals surface area contributed by atoms with Gasteiger partial charge in [-0.25, -0.2) is 4.79 Å². The zero-order valence-corrected chi connectivity index (χ0v) is 17.9. The van der Waals surface area contributed by atoms with Crippen LogP contribution in [0.5, 0.6) is 0 Å². The molecule has 1 aromatic carbocycles. The number of urea groups is 1. The van der Waals surface area contributed by atoms with Gasteiger partial charge in [0.2, 0.25) is 0 Å². The second-order valence-electron chi connectivity index (χ2n) is 8.72. The zero-order valence-electron chi connectivity index (χ0n) is 17.9. The molecule has 0 radical (unpaired) electrons. The van der Waals surface area contributed by atoms with E-state index in [0.717, 1.165) is 30.8 Å². The van der Waals surface area contributed by atoms with Crippen LogP contribution in [0, 0.1) is 11.8 Å². The van der Waals surface area contributed by atoms with Gasteiger partial charge >= 0.3 is 6.03 Å². The Balaban J connectivity index is 1.60. The largest absolute Gasteiger partial charge is 0.338 e. The van der Waals surface area contributed by atoms with Crippen molar-refractivity contribution in [2.24, 2.45) is 11.8 Å². The number of fused-ring (bicyclic) bond motifs is 1. The van der Waals surface area contributed by atoms with Gasteiger partial charge in [0.15, 0.2) is 0 Å². The first-order chi connectivity index (χ1) is 13.9. The molecule has 2 amide bonds. The van der Waals surface area contributed by atoms with Crippen LogP contribution in [0.4, 0.5) is 10.5 Å². The number of piperidine rings is 1. The molecule has 1 fully saturated rings. The maximum absolute atomic E-state index is 12.7. The second kappa shape index (κ2) is 9.92. The van der Waals surface area contributed by atoms with Crippen molar-refractivity contribution in [3.8, 4) is 0 Å². The molecule has 2 N–H and O–H groups in total. The van der Waals surface area contributed by atoms with E-state index in [-0.39, 0.29) is 11.6 Å². The van der Waals surface area contributed by atoms with Crippen molar-refractivity contribution in [2.75, 3.05) is 31.5 Å². The van der Waals surface area contributed by atoms with Crippen LogP contribution in [-0.2, 0) is 6.54 Å². The smallest absolute Gasteiger partial charge is 0.319 e. The molecule has 0 aliphatic carbocycles. The fraction of sp³-hybridized carbons (Fsp3) is 0.565. The first kappa shape index (κ1) is 21.4. The van der Waals surface area contributed by atoms with Crippen LogP contribution < -0.4 is 16.2 Å². The van der Waals surface area contributed by atoms with E-state index in [9.17, 15) is 9.59 Å². The lowest BCUT2D eigenvalue weighted by Crippen LogP contribution is -2.37. The maximum Gasteiger partial charge on any atom is 0.319 e. The third kappa shape index (κ3) is 5.82. The third-order valence-electron chi connectivity index (χ3n) is 5.48. The van der Waals surface area contributed by atoms with Crippen LogP contribution in [-0.4, -0.2) is 41.7 Å². The van der Waals surface area contributed by atoms with Crippen LogP contribution in [0.15, 0.2) is 35.3 Å². The van der Waals surface area contributed by atoms with E-state index in [1.165, 1.54) is 19.4 Å². The Bertz CT molecular complexity index is 890. The number of aromatic nitrogens is 1. The number of pyridine rings is 1. The van der Waals surface area contributed by atoms with Crippen molar-refractivity contribution in [3.63, 3.8) is 0 Å². The Labute approximate surface area is 173 Å². The minimum absolute atomic E-state index is 0.0176. The Morgan fingerprint density at radius 2 is 2.00 bits per heavy atom. The molecule has 1 aromatic heterocycles. The van der Waals surface area contributed by atoms with Gasteiger partial charge in [-0.1, -0.05) is 39.0 Å². The molecular formula is C23H34N4O2. The van der Waals surface area contributed by atoms with Gasteiger partial charge in [-0.3, -0.25) is 4.79 Å². The van der Waals surface area contributed by atoms with E-state index in [1.54, 1.807) is 10.8 Å². The highest BCUT2D eigenvalue weighted by Gasteiger charge is 2.16. The number of rotatable bonds is 7. The number of hydrogen-bond donors (Lipinski definition) is 2. The number of carbonyl (C=O) groups excluding carboxylic acids is 1. The van der Waals surface area contributed by atoms with Gasteiger partial charge in [-0.05, 0) is 50.3 Å². The van der Waals surface area contributed by atoms with Gasteiger partial charge in [0.1, 0.15) is 0 Å². The predicted molar refractivity (Wildman–Crippen MR) is 120 cm³/mol. The summed E-state index contributed by atoms with van der Waals surface area (Å²) in [5.41, 5.74) is 0.652. The quantitative estimate of drug-likeness (QED) is 0.695. The van der Waals surface area contributed by atoms with Crippen molar-refractivity contribution in [1.82, 2.24) is 14.8 Å². The molecule has 0 saturated carbocycles. The van der Waals surface area contributed by atoms with Crippen LogP contribution in [0.3, 0.4) is 0 Å². The fourth-order valence-corrected chi connectivity index (χ4v) is 4.13. The van der Waals surface area contributed by atoms with Gasteiger partial charge < -0.3 is 20.1 Å². The predicted octanol–water partition coefficient (Wildman–Crippen LogP) is 3.90. The van der Waals surface area contributed by atoms with Crippen molar-refractivity contribution in [2.45, 2.75) is 46.6 Å². The highest BCUT2D eigenvalue weighted by molar-refractivity contribution is 6.00. The molecule has 6 nitrogen and oxygen atoms in total. The molecule has 3 rings (SSSR count). The number of likely N-dealkylation sites (tertiary alicyclic amines) is 1. The topological polar surface area (TPSA) is 66.4 Å². The van der Waals surface area contributed by atoms with Crippen LogP contribution in [0.2, 0.25) is 0 Å². The van der Waals surface area contributed by atoms with Gasteiger partial charge in [0, 0.05) is 36.6 Å². The van der Waals surface area contributed by atoms with E-state index in [4.69, 9.17) is 0 Å². The molecule has 2 aromatic rings. The summed E-state index contributed by atoms with van der Waals surface area (Å²) >= 11 is 0. The maximum atomic E-state index is 12.7. The summed E-state index contributed by atoms with van der Waals surface area (Å²) in [6.07, 6.45) is 5.30. The molecule has 1 atom stereocenters. The summed E-state index contributed by atoms with van der Waals surface area (Å²) in [6, 6.07) is 7.21. The Morgan fingerprint density at radius 1 is 1.24 bits per heavy atom. The first-order valence-corrected chi connectivity index (χ1v) is 10.8. The van der Waals surface area contributed by atoms with E-state index >= 15 is 0 Å². The average Bonchev–Trinajstić information content (AvgIpc) is 2.68. The monoisotopic (exact) mass is 398 g/mol. The molecule has 1 saturated heterocycles. The summed E-state index contributed by atoms with van der Waals surface area (Å²) in [6.45, 7) is 11.1. The van der Waals surface area contributed by atoms with E-state index < -0.39 is 0 Å². The SMILES string of the molecule is CC(C)Cn1cc(NC(=O)NCCCN2CCC[C@H](C)C2)c2ccccc2c1=O. The standard InChI is InChI=1S/C23H34N4O2/c1-17(2)14-27-16-21(19-9-4-5-10-20(19)22(27)28)25-23(29)24-11-7-13-26-12-6-8-18(3)15-26/h4-5,9-10,16-18H,6-8,11-15H2,1-3H3,(H2,24,25,29)/t18-/m0/s1. The first-order valence-electron chi connectivity index (χ1n) is 10.8. The molecular weight excluding hydrogens is 364 g/mol. The lowest BCUT2D eigenvalue weighted by Gasteiger charge is -2.30. The fourth-order valence-electron chi connectivity index (χ4n) is 4.13. The minimum atomic E-state index is -0.225. The Morgan fingerprint density at radius 3 is 2.72 bits per heavy atom. The van der Waals surface area contributed by atoms with Gasteiger partial charge in [-0.2, -0.15) is 0 Å². The third-order valence-corrected chi connectivity index (χ3v) is 5.48. The average molecular weight is 399 g/mol. The van der Waals surface area contributed by atoms with Gasteiger partial charge in [0.05, 0.1) is 5.69 Å². The molecule has 0 bridgehead atoms. The van der Waals surface area contributed by atoms with Crippen molar-refractivity contribution in [1.29, 1.82) is 0 Å². The molecule has 1 aliphatic rings. The summed E-state index contributed by atoms with van der Waals surface area (Å²) in [7, 11) is 0. The minimum Gasteiger partial charge on any atom is -0.338 e. The molecule has 1 aliphatic heterocycles. The molecule has 29 heavy (non-hydrogen) atoms. The number of anilines is 1. The Hall–Kier alpha value is -2.34. The zero-order chi connectivity index (χ0) is 20.8. The highest BCUT2D eigenvalue weighted by atomic mass is 16.2. The molecule has 158 valence electrons. The van der Waals surface area contributed by atoms with Crippen molar-refractivity contribution >= 4 is 22.5 Å². The van der Waals surface area contributed by atoms with E-state index in [2.05, 4.69) is 36.3 Å². The molecule has 2 heterocycles.